The van der Waals surface area contributed by atoms with E-state index in [4.69, 9.17) is 4.74 Å². The van der Waals surface area contributed by atoms with Gasteiger partial charge in [-0.2, -0.15) is 0 Å². The number of rotatable bonds is 6. The minimum absolute atomic E-state index is 0.273. The number of aromatic nitrogens is 2. The van der Waals surface area contributed by atoms with Gasteiger partial charge in [-0.3, -0.25) is 4.79 Å². The van der Waals surface area contributed by atoms with Gasteiger partial charge in [-0.25, -0.2) is 9.37 Å². The molecule has 134 valence electrons. The Balaban J connectivity index is 1.88. The predicted octanol–water partition coefficient (Wildman–Crippen LogP) is 3.48. The Kier molecular flexibility index (Phi) is 5.31. The number of halogens is 1. The summed E-state index contributed by atoms with van der Waals surface area (Å²) in [6.07, 6.45) is 3.43. The van der Waals surface area contributed by atoms with Crippen molar-refractivity contribution < 1.29 is 13.9 Å². The Labute approximate surface area is 151 Å². The third kappa shape index (κ3) is 3.91. The van der Waals surface area contributed by atoms with E-state index in [-0.39, 0.29) is 11.7 Å². The van der Waals surface area contributed by atoms with Gasteiger partial charge in [0, 0.05) is 25.0 Å². The van der Waals surface area contributed by atoms with Crippen molar-refractivity contribution in [3.63, 3.8) is 0 Å². The number of benzene rings is 2. The summed E-state index contributed by atoms with van der Waals surface area (Å²) in [6, 6.07) is 12.5. The van der Waals surface area contributed by atoms with Crippen molar-refractivity contribution in [3.05, 3.63) is 83.7 Å². The summed E-state index contributed by atoms with van der Waals surface area (Å²) >= 11 is 0. The molecule has 0 aliphatic heterocycles. The molecule has 0 fully saturated rings. The van der Waals surface area contributed by atoms with Crippen LogP contribution < -0.4 is 10.1 Å². The molecule has 0 spiro atoms. The van der Waals surface area contributed by atoms with Crippen LogP contribution in [-0.4, -0.2) is 22.1 Å². The molecule has 1 N–H and O–H groups in total. The Hall–Kier alpha value is -3.15. The van der Waals surface area contributed by atoms with Crippen LogP contribution in [0.25, 0.3) is 0 Å². The molecule has 5 nitrogen and oxygen atoms in total. The molecule has 3 rings (SSSR count). The molecule has 1 amide bonds. The maximum atomic E-state index is 13.7. The number of imidazole rings is 1. The van der Waals surface area contributed by atoms with Crippen molar-refractivity contribution in [2.75, 3.05) is 6.61 Å². The van der Waals surface area contributed by atoms with E-state index in [9.17, 15) is 9.18 Å². The third-order valence-electron chi connectivity index (χ3n) is 4.00. The second-order valence-corrected chi connectivity index (χ2v) is 5.82. The fourth-order valence-electron chi connectivity index (χ4n) is 2.72. The van der Waals surface area contributed by atoms with E-state index in [0.29, 0.717) is 29.3 Å². The van der Waals surface area contributed by atoms with E-state index in [1.165, 1.54) is 12.1 Å². The number of hydrogen-bond acceptors (Lipinski definition) is 3. The van der Waals surface area contributed by atoms with Gasteiger partial charge in [0.25, 0.3) is 5.91 Å². The van der Waals surface area contributed by atoms with E-state index >= 15 is 0 Å². The number of hydrogen-bond donors (Lipinski definition) is 1. The molecule has 0 saturated heterocycles. The second-order valence-electron chi connectivity index (χ2n) is 5.82. The first-order valence-corrected chi connectivity index (χ1v) is 8.35. The van der Waals surface area contributed by atoms with Crippen molar-refractivity contribution in [1.29, 1.82) is 0 Å². The lowest BCUT2D eigenvalue weighted by molar-refractivity contribution is 0.0941. The quantitative estimate of drug-likeness (QED) is 0.738. The van der Waals surface area contributed by atoms with Crippen LogP contribution in [0.5, 0.6) is 5.75 Å². The molecule has 0 aliphatic rings. The lowest BCUT2D eigenvalue weighted by Crippen LogP contribution is -2.31. The van der Waals surface area contributed by atoms with Gasteiger partial charge in [-0.1, -0.05) is 12.1 Å². The van der Waals surface area contributed by atoms with Crippen LogP contribution in [0.15, 0.2) is 60.9 Å². The largest absolute Gasteiger partial charge is 0.494 e. The third-order valence-corrected chi connectivity index (χ3v) is 4.00. The zero-order valence-corrected chi connectivity index (χ0v) is 14.6. The normalized spacial score (nSPS) is 11.8. The van der Waals surface area contributed by atoms with Crippen LogP contribution in [0.2, 0.25) is 0 Å². The minimum atomic E-state index is -0.565. The average Bonchev–Trinajstić information content (AvgIpc) is 3.06. The molecule has 1 heterocycles. The Morgan fingerprint density at radius 2 is 2.04 bits per heavy atom. The number of aryl methyl sites for hydroxylation is 1. The monoisotopic (exact) mass is 353 g/mol. The molecule has 2 aromatic carbocycles. The second kappa shape index (κ2) is 7.82. The Morgan fingerprint density at radius 3 is 2.65 bits per heavy atom. The molecule has 0 aliphatic carbocycles. The van der Waals surface area contributed by atoms with Crippen LogP contribution in [0.4, 0.5) is 4.39 Å². The van der Waals surface area contributed by atoms with Gasteiger partial charge in [0.2, 0.25) is 0 Å². The summed E-state index contributed by atoms with van der Waals surface area (Å²) in [5.74, 6) is 0.687. The summed E-state index contributed by atoms with van der Waals surface area (Å²) in [7, 11) is 1.83. The van der Waals surface area contributed by atoms with Gasteiger partial charge in [-0.05, 0) is 48.9 Å². The summed E-state index contributed by atoms with van der Waals surface area (Å²) in [6.45, 7) is 2.46. The first-order valence-electron chi connectivity index (χ1n) is 8.35. The summed E-state index contributed by atoms with van der Waals surface area (Å²) in [5, 5.41) is 2.94. The lowest BCUT2D eigenvalue weighted by Gasteiger charge is -2.19. The predicted molar refractivity (Wildman–Crippen MR) is 96.5 cm³/mol. The fraction of sp³-hybridized carbons (Fsp3) is 0.200. The maximum Gasteiger partial charge on any atom is 0.252 e. The van der Waals surface area contributed by atoms with Crippen molar-refractivity contribution in [1.82, 2.24) is 14.9 Å². The molecule has 0 radical (unpaired) electrons. The highest BCUT2D eigenvalue weighted by Crippen LogP contribution is 2.22. The molecular formula is C20H20FN3O2. The number of amides is 1. The van der Waals surface area contributed by atoms with Crippen molar-refractivity contribution in [2.45, 2.75) is 13.0 Å². The lowest BCUT2D eigenvalue weighted by atomic mass is 10.0. The maximum absolute atomic E-state index is 13.7. The highest BCUT2D eigenvalue weighted by Gasteiger charge is 2.22. The standard InChI is InChI=1S/C20H20FN3O2/c1-3-26-17-9-7-14(8-10-17)20(25)23-18(19-22-11-12-24(19)2)15-5-4-6-16(21)13-15/h4-13,18H,3H2,1-2H3,(H,23,25)/t18-/m0/s1. The number of ether oxygens (including phenoxy) is 1. The topological polar surface area (TPSA) is 56.1 Å². The number of nitrogens with zero attached hydrogens (tertiary/aromatic N) is 2. The van der Waals surface area contributed by atoms with Crippen molar-refractivity contribution in [3.8, 4) is 5.75 Å². The van der Waals surface area contributed by atoms with Gasteiger partial charge in [0.1, 0.15) is 23.4 Å². The average molecular weight is 353 g/mol. The van der Waals surface area contributed by atoms with E-state index in [0.717, 1.165) is 0 Å². The number of carbonyl (C=O) groups is 1. The first kappa shape index (κ1) is 17.7. The van der Waals surface area contributed by atoms with Crippen LogP contribution in [0.3, 0.4) is 0 Å². The SMILES string of the molecule is CCOc1ccc(C(=O)N[C@@H](c2cccc(F)c2)c2nccn2C)cc1. The van der Waals surface area contributed by atoms with E-state index in [1.807, 2.05) is 14.0 Å². The Morgan fingerprint density at radius 1 is 1.27 bits per heavy atom. The van der Waals surface area contributed by atoms with Crippen LogP contribution in [0.1, 0.15) is 34.7 Å². The molecule has 1 atom stereocenters. The minimum Gasteiger partial charge on any atom is -0.494 e. The van der Waals surface area contributed by atoms with Gasteiger partial charge in [-0.15, -0.1) is 0 Å². The van der Waals surface area contributed by atoms with Crippen molar-refractivity contribution in [2.24, 2.45) is 7.05 Å². The number of carbonyl (C=O) groups excluding carboxylic acids is 1. The fourth-order valence-corrected chi connectivity index (χ4v) is 2.72. The van der Waals surface area contributed by atoms with Gasteiger partial charge < -0.3 is 14.6 Å². The molecule has 26 heavy (non-hydrogen) atoms. The summed E-state index contributed by atoms with van der Waals surface area (Å²) in [5.41, 5.74) is 1.11. The molecular weight excluding hydrogens is 333 g/mol. The van der Waals surface area contributed by atoms with E-state index < -0.39 is 6.04 Å². The van der Waals surface area contributed by atoms with E-state index in [2.05, 4.69) is 10.3 Å². The molecule has 0 unspecified atom stereocenters. The zero-order valence-electron chi connectivity index (χ0n) is 14.6. The Bertz CT molecular complexity index is 890. The molecule has 6 heteroatoms. The smallest absolute Gasteiger partial charge is 0.252 e. The van der Waals surface area contributed by atoms with Crippen LogP contribution in [-0.2, 0) is 7.05 Å². The molecule has 3 aromatic rings. The molecule has 0 saturated carbocycles. The highest BCUT2D eigenvalue weighted by atomic mass is 19.1. The number of nitrogens with one attached hydrogen (secondary N) is 1. The summed E-state index contributed by atoms with van der Waals surface area (Å²) < 4.78 is 20.9. The van der Waals surface area contributed by atoms with Crippen molar-refractivity contribution >= 4 is 5.91 Å². The van der Waals surface area contributed by atoms with Crippen LogP contribution >= 0.6 is 0 Å². The van der Waals surface area contributed by atoms with Gasteiger partial charge in [0.15, 0.2) is 0 Å². The van der Waals surface area contributed by atoms with E-state index in [1.54, 1.807) is 53.4 Å². The van der Waals surface area contributed by atoms with Gasteiger partial charge in [0.05, 0.1) is 6.61 Å². The molecule has 0 bridgehead atoms. The zero-order chi connectivity index (χ0) is 18.5. The highest BCUT2D eigenvalue weighted by molar-refractivity contribution is 5.94. The molecule has 1 aromatic heterocycles. The van der Waals surface area contributed by atoms with Gasteiger partial charge >= 0.3 is 0 Å². The summed E-state index contributed by atoms with van der Waals surface area (Å²) in [4.78, 5) is 17.0. The first-order chi connectivity index (χ1) is 12.6. The van der Waals surface area contributed by atoms with Crippen LogP contribution in [0, 0.1) is 5.82 Å².